The molecule has 0 aliphatic carbocycles. The van der Waals surface area contributed by atoms with Crippen molar-refractivity contribution in [3.05, 3.63) is 29.3 Å². The third-order valence-corrected chi connectivity index (χ3v) is 3.26. The summed E-state index contributed by atoms with van der Waals surface area (Å²) in [5.41, 5.74) is 2.18. The number of ether oxygens (including phenoxy) is 1. The molecule has 1 amide bonds. The zero-order chi connectivity index (χ0) is 17.8. The van der Waals surface area contributed by atoms with Gasteiger partial charge in [-0.3, -0.25) is 4.79 Å². The highest BCUT2D eigenvalue weighted by Crippen LogP contribution is 2.21. The van der Waals surface area contributed by atoms with Gasteiger partial charge in [-0.1, -0.05) is 19.1 Å². The van der Waals surface area contributed by atoms with Crippen LogP contribution in [0.2, 0.25) is 0 Å². The first-order chi connectivity index (χ1) is 11.6. The first kappa shape index (κ1) is 23.5. The largest absolute Gasteiger partial charge is 0.494 e. The predicted molar refractivity (Wildman–Crippen MR) is 114 cm³/mol. The Morgan fingerprint density at radius 2 is 1.92 bits per heavy atom. The summed E-state index contributed by atoms with van der Waals surface area (Å²) < 4.78 is 5.68. The van der Waals surface area contributed by atoms with Gasteiger partial charge in [-0.2, -0.15) is 0 Å². The van der Waals surface area contributed by atoms with Gasteiger partial charge in [-0.25, -0.2) is 4.99 Å². The number of hydrogen-bond donors (Lipinski definition) is 3. The molecule has 0 atom stereocenters. The molecule has 7 heteroatoms. The van der Waals surface area contributed by atoms with Crippen LogP contribution in [0.1, 0.15) is 38.3 Å². The molecule has 0 saturated carbocycles. The highest BCUT2D eigenvalue weighted by Gasteiger charge is 2.06. The minimum atomic E-state index is -0.0344. The topological polar surface area (TPSA) is 74.8 Å². The second-order valence-corrected chi connectivity index (χ2v) is 5.44. The standard InChI is InChI=1S/C18H30N4O2.HI/c1-5-10-20-17(23)13-22-18(19-6-2)21-12-15-9-8-14(4)11-16(15)24-7-3;/h8-9,11H,5-7,10,12-13H2,1-4H3,(H,20,23)(H2,19,21,22);1H. The molecule has 142 valence electrons. The van der Waals surface area contributed by atoms with E-state index < -0.39 is 0 Å². The molecule has 0 radical (unpaired) electrons. The number of rotatable bonds is 9. The number of aryl methyl sites for hydroxylation is 1. The highest BCUT2D eigenvalue weighted by atomic mass is 127. The van der Waals surface area contributed by atoms with Crippen molar-refractivity contribution in [1.82, 2.24) is 16.0 Å². The molecule has 0 spiro atoms. The summed E-state index contributed by atoms with van der Waals surface area (Å²) in [4.78, 5) is 16.2. The predicted octanol–water partition coefficient (Wildman–Crippen LogP) is 2.59. The van der Waals surface area contributed by atoms with Gasteiger partial charge < -0.3 is 20.7 Å². The van der Waals surface area contributed by atoms with E-state index in [9.17, 15) is 4.79 Å². The van der Waals surface area contributed by atoms with Crippen molar-refractivity contribution in [2.45, 2.75) is 40.7 Å². The van der Waals surface area contributed by atoms with E-state index in [1.54, 1.807) is 0 Å². The van der Waals surface area contributed by atoms with Crippen LogP contribution < -0.4 is 20.7 Å². The van der Waals surface area contributed by atoms with Crippen LogP contribution in [-0.2, 0) is 11.3 Å². The Kier molecular flexibility index (Phi) is 12.9. The van der Waals surface area contributed by atoms with Gasteiger partial charge in [0.05, 0.1) is 19.7 Å². The van der Waals surface area contributed by atoms with Crippen LogP contribution in [0, 0.1) is 6.92 Å². The SMILES string of the molecule is CCCNC(=O)CNC(=NCc1ccc(C)cc1OCC)NCC.I. The van der Waals surface area contributed by atoms with Crippen LogP contribution in [0.15, 0.2) is 23.2 Å². The Labute approximate surface area is 168 Å². The molecule has 0 saturated heterocycles. The minimum absolute atomic E-state index is 0. The molecule has 1 aromatic rings. The maximum Gasteiger partial charge on any atom is 0.239 e. The lowest BCUT2D eigenvalue weighted by Crippen LogP contribution is -2.43. The number of benzene rings is 1. The van der Waals surface area contributed by atoms with E-state index in [4.69, 9.17) is 4.74 Å². The Morgan fingerprint density at radius 3 is 2.56 bits per heavy atom. The number of halogens is 1. The number of hydrogen-bond acceptors (Lipinski definition) is 3. The van der Waals surface area contributed by atoms with E-state index in [0.717, 1.165) is 29.8 Å². The van der Waals surface area contributed by atoms with Crippen molar-refractivity contribution >= 4 is 35.8 Å². The van der Waals surface area contributed by atoms with Crippen LogP contribution in [0.5, 0.6) is 5.75 Å². The van der Waals surface area contributed by atoms with Gasteiger partial charge in [-0.05, 0) is 38.8 Å². The highest BCUT2D eigenvalue weighted by molar-refractivity contribution is 14.0. The number of guanidine groups is 1. The molecule has 25 heavy (non-hydrogen) atoms. The van der Waals surface area contributed by atoms with Gasteiger partial charge in [0.2, 0.25) is 5.91 Å². The maximum atomic E-state index is 11.7. The average molecular weight is 462 g/mol. The van der Waals surface area contributed by atoms with Gasteiger partial charge in [-0.15, -0.1) is 24.0 Å². The van der Waals surface area contributed by atoms with Crippen LogP contribution in [0.25, 0.3) is 0 Å². The number of carbonyl (C=O) groups excluding carboxylic acids is 1. The van der Waals surface area contributed by atoms with Gasteiger partial charge in [0.25, 0.3) is 0 Å². The molecule has 0 aromatic heterocycles. The normalized spacial score (nSPS) is 10.6. The van der Waals surface area contributed by atoms with Gasteiger partial charge in [0, 0.05) is 18.7 Å². The molecule has 0 aliphatic rings. The van der Waals surface area contributed by atoms with E-state index in [2.05, 4.69) is 20.9 Å². The summed E-state index contributed by atoms with van der Waals surface area (Å²) >= 11 is 0. The summed E-state index contributed by atoms with van der Waals surface area (Å²) in [6, 6.07) is 6.10. The van der Waals surface area contributed by atoms with Crippen LogP contribution in [0.3, 0.4) is 0 Å². The third-order valence-electron chi connectivity index (χ3n) is 3.26. The molecular formula is C18H31IN4O2. The monoisotopic (exact) mass is 462 g/mol. The van der Waals surface area contributed by atoms with Crippen LogP contribution in [-0.4, -0.2) is 38.1 Å². The van der Waals surface area contributed by atoms with E-state index in [1.807, 2.05) is 45.9 Å². The van der Waals surface area contributed by atoms with Gasteiger partial charge in [0.1, 0.15) is 5.75 Å². The molecule has 0 unspecified atom stereocenters. The summed E-state index contributed by atoms with van der Waals surface area (Å²) in [6.45, 7) is 10.8. The fourth-order valence-electron chi connectivity index (χ4n) is 2.08. The summed E-state index contributed by atoms with van der Waals surface area (Å²) in [5, 5.41) is 9.03. The second-order valence-electron chi connectivity index (χ2n) is 5.44. The zero-order valence-electron chi connectivity index (χ0n) is 15.6. The molecule has 0 heterocycles. The van der Waals surface area contributed by atoms with Crippen LogP contribution >= 0.6 is 24.0 Å². The molecule has 6 nitrogen and oxygen atoms in total. The maximum absolute atomic E-state index is 11.7. The number of nitrogens with zero attached hydrogens (tertiary/aromatic N) is 1. The molecule has 3 N–H and O–H groups in total. The Bertz CT molecular complexity index is 550. The lowest BCUT2D eigenvalue weighted by Gasteiger charge is -2.13. The van der Waals surface area contributed by atoms with E-state index >= 15 is 0 Å². The van der Waals surface area contributed by atoms with Crippen molar-refractivity contribution in [2.75, 3.05) is 26.2 Å². The lowest BCUT2D eigenvalue weighted by molar-refractivity contribution is -0.120. The quantitative estimate of drug-likeness (QED) is 0.300. The first-order valence-corrected chi connectivity index (χ1v) is 8.61. The van der Waals surface area contributed by atoms with Crippen LogP contribution in [0.4, 0.5) is 0 Å². The van der Waals surface area contributed by atoms with Crippen molar-refractivity contribution in [1.29, 1.82) is 0 Å². The molecule has 1 aromatic carbocycles. The van der Waals surface area contributed by atoms with Crippen molar-refractivity contribution in [3.63, 3.8) is 0 Å². The van der Waals surface area contributed by atoms with Gasteiger partial charge in [0.15, 0.2) is 5.96 Å². The number of aliphatic imine (C=N–C) groups is 1. The number of nitrogens with one attached hydrogen (secondary N) is 3. The molecule has 0 fully saturated rings. The van der Waals surface area contributed by atoms with E-state index in [0.29, 0.717) is 25.7 Å². The Hall–Kier alpha value is -1.51. The molecule has 0 bridgehead atoms. The zero-order valence-corrected chi connectivity index (χ0v) is 18.0. The first-order valence-electron chi connectivity index (χ1n) is 8.61. The number of amides is 1. The van der Waals surface area contributed by atoms with E-state index in [1.165, 1.54) is 0 Å². The Balaban J connectivity index is 0.00000576. The third kappa shape index (κ3) is 9.52. The van der Waals surface area contributed by atoms with Crippen molar-refractivity contribution in [2.24, 2.45) is 4.99 Å². The smallest absolute Gasteiger partial charge is 0.239 e. The fourth-order valence-corrected chi connectivity index (χ4v) is 2.08. The minimum Gasteiger partial charge on any atom is -0.494 e. The molecule has 0 aliphatic heterocycles. The molecule has 1 rings (SSSR count). The summed E-state index contributed by atoms with van der Waals surface area (Å²) in [6.07, 6.45) is 0.924. The van der Waals surface area contributed by atoms with Gasteiger partial charge >= 0.3 is 0 Å². The van der Waals surface area contributed by atoms with Crippen molar-refractivity contribution in [3.8, 4) is 5.75 Å². The van der Waals surface area contributed by atoms with E-state index in [-0.39, 0.29) is 36.4 Å². The summed E-state index contributed by atoms with van der Waals surface area (Å²) in [5.74, 6) is 1.44. The Morgan fingerprint density at radius 1 is 1.16 bits per heavy atom. The van der Waals surface area contributed by atoms with Crippen molar-refractivity contribution < 1.29 is 9.53 Å². The average Bonchev–Trinajstić information content (AvgIpc) is 2.57. The molecular weight excluding hydrogens is 431 g/mol. The fraction of sp³-hybridized carbons (Fsp3) is 0.556. The lowest BCUT2D eigenvalue weighted by atomic mass is 10.1. The summed E-state index contributed by atoms with van der Waals surface area (Å²) in [7, 11) is 0. The number of carbonyl (C=O) groups is 1. The second kappa shape index (κ2) is 13.7.